The maximum Gasteiger partial charge on any atom is 0.407 e. The van der Waals surface area contributed by atoms with Crippen LogP contribution in [0.1, 0.15) is 0 Å². The summed E-state index contributed by atoms with van der Waals surface area (Å²) in [5, 5.41) is 12.2. The number of aromatic nitrogens is 2. The molecule has 0 bridgehead atoms. The van der Waals surface area contributed by atoms with Crippen molar-refractivity contribution in [1.29, 1.82) is 0 Å². The molecule has 0 atom stereocenters. The molecule has 1 aliphatic rings. The van der Waals surface area contributed by atoms with E-state index in [-0.39, 0.29) is 0 Å². The van der Waals surface area contributed by atoms with Gasteiger partial charge in [0, 0.05) is 43.5 Å². The fourth-order valence-electron chi connectivity index (χ4n) is 1.68. The number of piperazine rings is 1. The van der Waals surface area contributed by atoms with Crippen molar-refractivity contribution in [3.8, 4) is 0 Å². The minimum atomic E-state index is -0.908. The maximum atomic E-state index is 10.7. The molecule has 2 heterocycles. The van der Waals surface area contributed by atoms with E-state index in [9.17, 15) is 4.79 Å². The SMILES string of the molecule is [N-]=[N+]=Nc1cnc(N2CCN(C(=O)O)CC2)nc1. The summed E-state index contributed by atoms with van der Waals surface area (Å²) in [4.78, 5) is 24.8. The van der Waals surface area contributed by atoms with Gasteiger partial charge in [0.25, 0.3) is 0 Å². The molecule has 0 aliphatic carbocycles. The molecule has 0 aromatic carbocycles. The zero-order valence-corrected chi connectivity index (χ0v) is 9.47. The summed E-state index contributed by atoms with van der Waals surface area (Å²) in [6, 6.07) is 0. The van der Waals surface area contributed by atoms with Gasteiger partial charge in [0.15, 0.2) is 0 Å². The standard InChI is InChI=1S/C9H11N7O2/c10-14-13-7-5-11-8(12-6-7)15-1-3-16(4-2-15)9(17)18/h5-6H,1-4H2,(H,17,18). The Morgan fingerprint density at radius 1 is 1.33 bits per heavy atom. The lowest BCUT2D eigenvalue weighted by Gasteiger charge is -2.32. The minimum absolute atomic E-state index is 0.352. The topological polar surface area (TPSA) is 118 Å². The average molecular weight is 249 g/mol. The average Bonchev–Trinajstić information content (AvgIpc) is 2.40. The summed E-state index contributed by atoms with van der Waals surface area (Å²) in [7, 11) is 0. The molecule has 1 aliphatic heterocycles. The number of hydrogen-bond donors (Lipinski definition) is 1. The van der Waals surface area contributed by atoms with Crippen molar-refractivity contribution in [1.82, 2.24) is 14.9 Å². The lowest BCUT2D eigenvalue weighted by Crippen LogP contribution is -2.48. The second kappa shape index (κ2) is 5.19. The lowest BCUT2D eigenvalue weighted by atomic mass is 10.3. The Kier molecular flexibility index (Phi) is 3.44. The zero-order valence-electron chi connectivity index (χ0n) is 9.47. The summed E-state index contributed by atoms with van der Waals surface area (Å²) >= 11 is 0. The summed E-state index contributed by atoms with van der Waals surface area (Å²) in [6.45, 7) is 1.95. The zero-order chi connectivity index (χ0) is 13.0. The van der Waals surface area contributed by atoms with Gasteiger partial charge in [-0.2, -0.15) is 0 Å². The molecular formula is C9H11N7O2. The molecular weight excluding hydrogens is 238 g/mol. The Morgan fingerprint density at radius 3 is 2.44 bits per heavy atom. The highest BCUT2D eigenvalue weighted by Crippen LogP contribution is 2.14. The molecule has 0 saturated carbocycles. The molecule has 1 aromatic rings. The third kappa shape index (κ3) is 2.58. The van der Waals surface area contributed by atoms with Crippen molar-refractivity contribution < 1.29 is 9.90 Å². The van der Waals surface area contributed by atoms with E-state index < -0.39 is 6.09 Å². The molecule has 18 heavy (non-hydrogen) atoms. The van der Waals surface area contributed by atoms with Crippen molar-refractivity contribution in [2.24, 2.45) is 5.11 Å². The first kappa shape index (κ1) is 11.9. The molecule has 94 valence electrons. The Labute approximate surface area is 102 Å². The van der Waals surface area contributed by atoms with E-state index in [0.717, 1.165) is 0 Å². The van der Waals surface area contributed by atoms with Crippen molar-refractivity contribution >= 4 is 17.7 Å². The van der Waals surface area contributed by atoms with Crippen molar-refractivity contribution in [3.63, 3.8) is 0 Å². The predicted molar refractivity (Wildman–Crippen MR) is 62.6 cm³/mol. The van der Waals surface area contributed by atoms with Crippen LogP contribution >= 0.6 is 0 Å². The summed E-state index contributed by atoms with van der Waals surface area (Å²) < 4.78 is 0. The van der Waals surface area contributed by atoms with Crippen LogP contribution in [0.2, 0.25) is 0 Å². The third-order valence-electron chi connectivity index (χ3n) is 2.62. The molecule has 1 aromatic heterocycles. The number of azide groups is 1. The largest absolute Gasteiger partial charge is 0.465 e. The van der Waals surface area contributed by atoms with Crippen LogP contribution in [0.5, 0.6) is 0 Å². The summed E-state index contributed by atoms with van der Waals surface area (Å²) in [6.07, 6.45) is 1.96. The van der Waals surface area contributed by atoms with E-state index in [2.05, 4.69) is 20.0 Å². The predicted octanol–water partition coefficient (Wildman–Crippen LogP) is 1.22. The Hall–Kier alpha value is -2.54. The van der Waals surface area contributed by atoms with E-state index in [1.54, 1.807) is 0 Å². The smallest absolute Gasteiger partial charge is 0.407 e. The summed E-state index contributed by atoms with van der Waals surface area (Å²) in [5.74, 6) is 0.511. The van der Waals surface area contributed by atoms with Crippen LogP contribution in [0, 0.1) is 0 Å². The molecule has 1 amide bonds. The molecule has 1 saturated heterocycles. The number of rotatable bonds is 2. The number of nitrogens with zero attached hydrogens (tertiary/aromatic N) is 7. The molecule has 0 radical (unpaired) electrons. The Balaban J connectivity index is 2.01. The number of anilines is 1. The number of carbonyl (C=O) groups is 1. The summed E-state index contributed by atoms with van der Waals surface area (Å²) in [5.41, 5.74) is 8.60. The molecule has 2 rings (SSSR count). The van der Waals surface area contributed by atoms with E-state index in [0.29, 0.717) is 37.8 Å². The van der Waals surface area contributed by atoms with Crippen LogP contribution in [0.3, 0.4) is 0 Å². The first-order valence-electron chi connectivity index (χ1n) is 5.30. The normalized spacial score (nSPS) is 15.1. The second-order valence-corrected chi connectivity index (χ2v) is 3.69. The molecule has 0 spiro atoms. The van der Waals surface area contributed by atoms with Gasteiger partial charge in [-0.1, -0.05) is 5.11 Å². The monoisotopic (exact) mass is 249 g/mol. The van der Waals surface area contributed by atoms with Gasteiger partial charge >= 0.3 is 6.09 Å². The Morgan fingerprint density at radius 2 is 1.94 bits per heavy atom. The van der Waals surface area contributed by atoms with Gasteiger partial charge in [0.2, 0.25) is 5.95 Å². The van der Waals surface area contributed by atoms with Crippen molar-refractivity contribution in [3.05, 3.63) is 22.8 Å². The van der Waals surface area contributed by atoms with E-state index in [1.807, 2.05) is 4.90 Å². The molecule has 1 N–H and O–H groups in total. The van der Waals surface area contributed by atoms with E-state index in [1.165, 1.54) is 17.3 Å². The first-order chi connectivity index (χ1) is 8.70. The maximum absolute atomic E-state index is 10.7. The van der Waals surface area contributed by atoms with Crippen LogP contribution in [-0.2, 0) is 0 Å². The van der Waals surface area contributed by atoms with E-state index >= 15 is 0 Å². The third-order valence-corrected chi connectivity index (χ3v) is 2.62. The van der Waals surface area contributed by atoms with Crippen LogP contribution in [0.4, 0.5) is 16.4 Å². The van der Waals surface area contributed by atoms with Crippen LogP contribution < -0.4 is 4.90 Å². The van der Waals surface area contributed by atoms with Gasteiger partial charge in [-0.05, 0) is 5.53 Å². The van der Waals surface area contributed by atoms with Gasteiger partial charge in [-0.3, -0.25) is 0 Å². The van der Waals surface area contributed by atoms with Gasteiger partial charge in [0.05, 0.1) is 5.69 Å². The van der Waals surface area contributed by atoms with Gasteiger partial charge in [0.1, 0.15) is 0 Å². The van der Waals surface area contributed by atoms with Gasteiger partial charge in [-0.25, -0.2) is 14.8 Å². The lowest BCUT2D eigenvalue weighted by molar-refractivity contribution is 0.142. The minimum Gasteiger partial charge on any atom is -0.465 e. The van der Waals surface area contributed by atoms with Crippen LogP contribution in [-0.4, -0.2) is 52.2 Å². The van der Waals surface area contributed by atoms with Crippen LogP contribution in [0.25, 0.3) is 10.4 Å². The highest BCUT2D eigenvalue weighted by Gasteiger charge is 2.21. The second-order valence-electron chi connectivity index (χ2n) is 3.69. The number of carboxylic acid groups (broad SMARTS) is 1. The molecule has 9 nitrogen and oxygen atoms in total. The highest BCUT2D eigenvalue weighted by molar-refractivity contribution is 5.65. The Bertz CT molecular complexity index is 474. The van der Waals surface area contributed by atoms with Gasteiger partial charge in [-0.15, -0.1) is 0 Å². The van der Waals surface area contributed by atoms with Gasteiger partial charge < -0.3 is 14.9 Å². The first-order valence-corrected chi connectivity index (χ1v) is 5.30. The fourth-order valence-corrected chi connectivity index (χ4v) is 1.68. The van der Waals surface area contributed by atoms with Crippen molar-refractivity contribution in [2.45, 2.75) is 0 Å². The highest BCUT2D eigenvalue weighted by atomic mass is 16.4. The molecule has 1 fully saturated rings. The quantitative estimate of drug-likeness (QED) is 0.480. The molecule has 0 unspecified atom stereocenters. The fraction of sp³-hybridized carbons (Fsp3) is 0.444. The molecule has 9 heteroatoms. The van der Waals surface area contributed by atoms with E-state index in [4.69, 9.17) is 10.6 Å². The number of amides is 1. The number of hydrogen-bond acceptors (Lipinski definition) is 5. The van der Waals surface area contributed by atoms with Crippen LogP contribution in [0.15, 0.2) is 17.5 Å². The van der Waals surface area contributed by atoms with Crippen molar-refractivity contribution in [2.75, 3.05) is 31.1 Å².